The van der Waals surface area contributed by atoms with E-state index in [1.807, 2.05) is 4.90 Å². The third-order valence-corrected chi connectivity index (χ3v) is 3.76. The van der Waals surface area contributed by atoms with Crippen LogP contribution in [0.5, 0.6) is 0 Å². The van der Waals surface area contributed by atoms with E-state index in [1.54, 1.807) is 12.1 Å². The second-order valence-corrected chi connectivity index (χ2v) is 5.29. The summed E-state index contributed by atoms with van der Waals surface area (Å²) in [5.74, 6) is -0.513. The third-order valence-electron chi connectivity index (χ3n) is 3.76. The molecular weight excluding hydrogens is 285 g/mol. The first kappa shape index (κ1) is 14.4. The van der Waals surface area contributed by atoms with Gasteiger partial charge in [0.05, 0.1) is 0 Å². The van der Waals surface area contributed by atoms with Crippen LogP contribution in [0.25, 0.3) is 11.4 Å². The molecule has 5 nitrogen and oxygen atoms in total. The first-order valence-electron chi connectivity index (χ1n) is 7.26. The van der Waals surface area contributed by atoms with Gasteiger partial charge in [0, 0.05) is 24.8 Å². The smallest absolute Gasteiger partial charge is 0.341 e. The summed E-state index contributed by atoms with van der Waals surface area (Å²) in [7, 11) is 0. The molecule has 1 N–H and O–H groups in total. The Morgan fingerprint density at radius 2 is 1.82 bits per heavy atom. The highest BCUT2D eigenvalue weighted by molar-refractivity contribution is 5.93. The Morgan fingerprint density at radius 1 is 1.14 bits per heavy atom. The van der Waals surface area contributed by atoms with Crippen molar-refractivity contribution in [3.8, 4) is 11.4 Å². The minimum atomic E-state index is -1.04. The molecule has 1 fully saturated rings. The molecule has 2 aromatic rings. The van der Waals surface area contributed by atoms with Crippen LogP contribution in [0, 0.1) is 5.82 Å². The van der Waals surface area contributed by atoms with Gasteiger partial charge in [-0.2, -0.15) is 0 Å². The van der Waals surface area contributed by atoms with E-state index in [9.17, 15) is 14.3 Å². The lowest BCUT2D eigenvalue weighted by molar-refractivity contribution is 0.0696. The normalized spacial score (nSPS) is 14.9. The lowest BCUT2D eigenvalue weighted by Gasteiger charge is -2.28. The van der Waals surface area contributed by atoms with Gasteiger partial charge in [0.2, 0.25) is 0 Å². The molecular formula is C16H16FN3O2. The molecule has 1 aromatic heterocycles. The van der Waals surface area contributed by atoms with E-state index < -0.39 is 5.97 Å². The van der Waals surface area contributed by atoms with E-state index in [2.05, 4.69) is 9.97 Å². The Morgan fingerprint density at radius 3 is 2.45 bits per heavy atom. The zero-order chi connectivity index (χ0) is 15.5. The Bertz CT molecular complexity index is 682. The molecule has 0 unspecified atom stereocenters. The molecule has 1 aromatic carbocycles. The Hall–Kier alpha value is -2.50. The maximum Gasteiger partial charge on any atom is 0.341 e. The highest BCUT2D eigenvalue weighted by atomic mass is 19.1. The Labute approximate surface area is 127 Å². The van der Waals surface area contributed by atoms with E-state index >= 15 is 0 Å². The van der Waals surface area contributed by atoms with Gasteiger partial charge in [-0.15, -0.1) is 0 Å². The highest BCUT2D eigenvalue weighted by Gasteiger charge is 2.21. The van der Waals surface area contributed by atoms with Crippen molar-refractivity contribution in [2.75, 3.05) is 18.0 Å². The first-order chi connectivity index (χ1) is 10.6. The summed E-state index contributed by atoms with van der Waals surface area (Å²) in [6.45, 7) is 1.58. The fourth-order valence-corrected chi connectivity index (χ4v) is 2.61. The van der Waals surface area contributed by atoms with Gasteiger partial charge in [0.15, 0.2) is 5.82 Å². The number of halogens is 1. The van der Waals surface area contributed by atoms with Crippen molar-refractivity contribution in [2.24, 2.45) is 0 Å². The minimum Gasteiger partial charge on any atom is -0.477 e. The standard InChI is InChI=1S/C16H16FN3O2/c17-12-6-4-11(5-7-12)14-18-10-13(16(21)22)15(19-14)20-8-2-1-3-9-20/h4-7,10H,1-3,8-9H2,(H,21,22). The van der Waals surface area contributed by atoms with Crippen LogP contribution in [0.1, 0.15) is 29.6 Å². The molecule has 0 aliphatic carbocycles. The number of rotatable bonds is 3. The summed E-state index contributed by atoms with van der Waals surface area (Å²) in [6, 6.07) is 5.85. The second kappa shape index (κ2) is 6.09. The summed E-state index contributed by atoms with van der Waals surface area (Å²) >= 11 is 0. The van der Waals surface area contributed by atoms with Gasteiger partial charge in [-0.1, -0.05) is 0 Å². The van der Waals surface area contributed by atoms with Gasteiger partial charge in [-0.25, -0.2) is 19.2 Å². The van der Waals surface area contributed by atoms with Crippen LogP contribution in [0.3, 0.4) is 0 Å². The molecule has 1 aliphatic heterocycles. The van der Waals surface area contributed by atoms with Crippen LogP contribution >= 0.6 is 0 Å². The van der Waals surface area contributed by atoms with Crippen molar-refractivity contribution in [3.63, 3.8) is 0 Å². The zero-order valence-electron chi connectivity index (χ0n) is 12.0. The van der Waals surface area contributed by atoms with Crippen LogP contribution in [0.15, 0.2) is 30.5 Å². The molecule has 22 heavy (non-hydrogen) atoms. The number of anilines is 1. The summed E-state index contributed by atoms with van der Waals surface area (Å²) in [6.07, 6.45) is 4.52. The maximum absolute atomic E-state index is 13.0. The molecule has 0 spiro atoms. The van der Waals surface area contributed by atoms with Crippen molar-refractivity contribution in [2.45, 2.75) is 19.3 Å². The van der Waals surface area contributed by atoms with Crippen LogP contribution in [0.4, 0.5) is 10.2 Å². The van der Waals surface area contributed by atoms with Crippen LogP contribution < -0.4 is 4.90 Å². The van der Waals surface area contributed by atoms with Gasteiger partial charge < -0.3 is 10.0 Å². The van der Waals surface area contributed by atoms with E-state index in [0.29, 0.717) is 17.2 Å². The number of carboxylic acids is 1. The fourth-order valence-electron chi connectivity index (χ4n) is 2.61. The van der Waals surface area contributed by atoms with Crippen molar-refractivity contribution in [1.82, 2.24) is 9.97 Å². The number of carbonyl (C=O) groups is 1. The number of hydrogen-bond acceptors (Lipinski definition) is 4. The molecule has 0 radical (unpaired) electrons. The van der Waals surface area contributed by atoms with E-state index in [1.165, 1.54) is 18.3 Å². The Kier molecular flexibility index (Phi) is 4.00. The average molecular weight is 301 g/mol. The van der Waals surface area contributed by atoms with E-state index in [0.717, 1.165) is 32.4 Å². The number of benzene rings is 1. The molecule has 0 atom stereocenters. The second-order valence-electron chi connectivity index (χ2n) is 5.29. The topological polar surface area (TPSA) is 66.3 Å². The lowest BCUT2D eigenvalue weighted by Crippen LogP contribution is -2.32. The van der Waals surface area contributed by atoms with Crippen LogP contribution in [0.2, 0.25) is 0 Å². The summed E-state index contributed by atoms with van der Waals surface area (Å²) in [4.78, 5) is 21.9. The monoisotopic (exact) mass is 301 g/mol. The van der Waals surface area contributed by atoms with Crippen LogP contribution in [-0.2, 0) is 0 Å². The third kappa shape index (κ3) is 2.90. The zero-order valence-corrected chi connectivity index (χ0v) is 12.0. The summed E-state index contributed by atoms with van der Waals surface area (Å²) in [5.41, 5.74) is 0.768. The highest BCUT2D eigenvalue weighted by Crippen LogP contribution is 2.25. The van der Waals surface area contributed by atoms with Crippen molar-refractivity contribution >= 4 is 11.8 Å². The van der Waals surface area contributed by atoms with E-state index in [-0.39, 0.29) is 11.4 Å². The number of nitrogens with zero attached hydrogens (tertiary/aromatic N) is 3. The molecule has 0 amide bonds. The lowest BCUT2D eigenvalue weighted by atomic mass is 10.1. The quantitative estimate of drug-likeness (QED) is 0.944. The predicted octanol–water partition coefficient (Wildman–Crippen LogP) is 2.97. The van der Waals surface area contributed by atoms with Gasteiger partial charge in [-0.3, -0.25) is 0 Å². The van der Waals surface area contributed by atoms with Crippen molar-refractivity contribution < 1.29 is 14.3 Å². The minimum absolute atomic E-state index is 0.104. The molecule has 114 valence electrons. The summed E-state index contributed by atoms with van der Waals surface area (Å²) < 4.78 is 13.0. The molecule has 3 rings (SSSR count). The largest absolute Gasteiger partial charge is 0.477 e. The van der Waals surface area contributed by atoms with Gasteiger partial charge in [0.25, 0.3) is 0 Å². The van der Waals surface area contributed by atoms with Crippen LogP contribution in [-0.4, -0.2) is 34.1 Å². The SMILES string of the molecule is O=C(O)c1cnc(-c2ccc(F)cc2)nc1N1CCCCC1. The average Bonchev–Trinajstić information content (AvgIpc) is 2.56. The van der Waals surface area contributed by atoms with Gasteiger partial charge in [-0.05, 0) is 43.5 Å². The number of aromatic nitrogens is 2. The number of hydrogen-bond donors (Lipinski definition) is 1. The molecule has 6 heteroatoms. The molecule has 0 saturated carbocycles. The van der Waals surface area contributed by atoms with Gasteiger partial charge in [0.1, 0.15) is 17.2 Å². The van der Waals surface area contributed by atoms with E-state index in [4.69, 9.17) is 0 Å². The van der Waals surface area contributed by atoms with Gasteiger partial charge >= 0.3 is 5.97 Å². The predicted molar refractivity (Wildman–Crippen MR) is 80.4 cm³/mol. The molecule has 1 aliphatic rings. The summed E-state index contributed by atoms with van der Waals surface area (Å²) in [5, 5.41) is 9.34. The first-order valence-corrected chi connectivity index (χ1v) is 7.26. The maximum atomic E-state index is 13.0. The van der Waals surface area contributed by atoms with Crippen molar-refractivity contribution in [1.29, 1.82) is 0 Å². The number of piperidine rings is 1. The number of carboxylic acid groups (broad SMARTS) is 1. The molecule has 1 saturated heterocycles. The Balaban J connectivity index is 2.02. The van der Waals surface area contributed by atoms with Crippen molar-refractivity contribution in [3.05, 3.63) is 41.8 Å². The molecule has 2 heterocycles. The number of aromatic carboxylic acids is 1. The fraction of sp³-hybridized carbons (Fsp3) is 0.312. The molecule has 0 bridgehead atoms.